The molecule has 0 atom stereocenters. The molecule has 3 nitrogen and oxygen atoms in total. The van der Waals surface area contributed by atoms with Gasteiger partial charge in [-0.3, -0.25) is 0 Å². The van der Waals surface area contributed by atoms with Crippen LogP contribution in [0.1, 0.15) is 29.8 Å². The molecule has 0 spiro atoms. The Hall–Kier alpha value is -1.61. The number of hydrogen-bond donors (Lipinski definition) is 2. The summed E-state index contributed by atoms with van der Waals surface area (Å²) in [5, 5.41) is 3.15. The monoisotopic (exact) mass is 255 g/mol. The van der Waals surface area contributed by atoms with Crippen LogP contribution in [0.25, 0.3) is 11.3 Å². The van der Waals surface area contributed by atoms with Gasteiger partial charge < -0.3 is 10.3 Å². The Bertz CT molecular complexity index is 557. The van der Waals surface area contributed by atoms with Crippen LogP contribution in [0, 0.1) is 0 Å². The van der Waals surface area contributed by atoms with Crippen molar-refractivity contribution in [3.05, 3.63) is 41.3 Å². The molecule has 0 amide bonds. The maximum atomic E-state index is 4.45. The van der Waals surface area contributed by atoms with Crippen molar-refractivity contribution in [2.45, 2.75) is 32.1 Å². The molecule has 19 heavy (non-hydrogen) atoms. The summed E-state index contributed by atoms with van der Waals surface area (Å²) in [6.07, 6.45) is 8.03. The first-order chi connectivity index (χ1) is 9.36. The van der Waals surface area contributed by atoms with Crippen molar-refractivity contribution in [2.75, 3.05) is 13.6 Å². The van der Waals surface area contributed by atoms with E-state index in [0.717, 1.165) is 24.5 Å². The summed E-state index contributed by atoms with van der Waals surface area (Å²) in [6.45, 7) is 0.955. The molecule has 0 saturated heterocycles. The van der Waals surface area contributed by atoms with Crippen molar-refractivity contribution in [3.63, 3.8) is 0 Å². The lowest BCUT2D eigenvalue weighted by molar-refractivity contribution is 0.686. The summed E-state index contributed by atoms with van der Waals surface area (Å²) in [6, 6.07) is 6.85. The van der Waals surface area contributed by atoms with Crippen LogP contribution in [0.2, 0.25) is 0 Å². The molecule has 100 valence electrons. The van der Waals surface area contributed by atoms with Crippen LogP contribution in [0.5, 0.6) is 0 Å². The summed E-state index contributed by atoms with van der Waals surface area (Å²) in [7, 11) is 1.97. The van der Waals surface area contributed by atoms with E-state index in [2.05, 4.69) is 33.5 Å². The number of aryl methyl sites for hydroxylation is 2. The predicted molar refractivity (Wildman–Crippen MR) is 78.3 cm³/mol. The predicted octanol–water partition coefficient (Wildman–Crippen LogP) is 2.72. The molecule has 1 aromatic heterocycles. The highest BCUT2D eigenvalue weighted by Gasteiger charge is 2.11. The van der Waals surface area contributed by atoms with Crippen LogP contribution in [-0.4, -0.2) is 23.6 Å². The van der Waals surface area contributed by atoms with Crippen LogP contribution in [0.15, 0.2) is 24.4 Å². The number of imidazole rings is 1. The van der Waals surface area contributed by atoms with Gasteiger partial charge in [0.2, 0.25) is 0 Å². The Labute approximate surface area is 114 Å². The Morgan fingerprint density at radius 3 is 2.89 bits per heavy atom. The second-order valence-corrected chi connectivity index (χ2v) is 5.29. The number of nitrogens with zero attached hydrogens (tertiary/aromatic N) is 1. The second kappa shape index (κ2) is 5.57. The lowest BCUT2D eigenvalue weighted by atomic mass is 9.90. The first-order valence-electron chi connectivity index (χ1n) is 7.17. The summed E-state index contributed by atoms with van der Waals surface area (Å²) in [5.41, 5.74) is 5.46. The summed E-state index contributed by atoms with van der Waals surface area (Å²) in [4.78, 5) is 7.87. The standard InChI is InChI=1S/C16H21N3/c1-17-9-8-16-18-11-15(19-16)14-7-6-12-4-2-3-5-13(12)10-14/h6-7,10-11,17H,2-5,8-9H2,1H3,(H,18,19). The molecule has 1 aliphatic rings. The van der Waals surface area contributed by atoms with Gasteiger partial charge in [-0.15, -0.1) is 0 Å². The minimum Gasteiger partial charge on any atom is -0.342 e. The molecule has 2 aromatic rings. The Kier molecular flexibility index (Phi) is 3.65. The molecule has 1 aromatic carbocycles. The van der Waals surface area contributed by atoms with Crippen LogP contribution in [0.3, 0.4) is 0 Å². The highest BCUT2D eigenvalue weighted by Crippen LogP contribution is 2.26. The third-order valence-corrected chi connectivity index (χ3v) is 3.90. The molecule has 1 aliphatic carbocycles. The molecular formula is C16H21N3. The van der Waals surface area contributed by atoms with E-state index >= 15 is 0 Å². The number of aromatic amines is 1. The normalized spacial score (nSPS) is 14.4. The highest BCUT2D eigenvalue weighted by molar-refractivity contribution is 5.60. The van der Waals surface area contributed by atoms with Gasteiger partial charge in [-0.25, -0.2) is 4.98 Å². The van der Waals surface area contributed by atoms with Gasteiger partial charge in [-0.1, -0.05) is 12.1 Å². The van der Waals surface area contributed by atoms with Crippen molar-refractivity contribution < 1.29 is 0 Å². The lowest BCUT2D eigenvalue weighted by Gasteiger charge is -2.16. The Morgan fingerprint density at radius 1 is 1.21 bits per heavy atom. The van der Waals surface area contributed by atoms with Gasteiger partial charge in [-0.2, -0.15) is 0 Å². The van der Waals surface area contributed by atoms with E-state index in [0.29, 0.717) is 0 Å². The number of hydrogen-bond acceptors (Lipinski definition) is 2. The smallest absolute Gasteiger partial charge is 0.107 e. The Balaban J connectivity index is 1.83. The summed E-state index contributed by atoms with van der Waals surface area (Å²) >= 11 is 0. The van der Waals surface area contributed by atoms with Gasteiger partial charge in [0.05, 0.1) is 11.9 Å². The van der Waals surface area contributed by atoms with Gasteiger partial charge in [0, 0.05) is 13.0 Å². The number of likely N-dealkylation sites (N-methyl/N-ethyl adjacent to an activating group) is 1. The molecule has 0 unspecified atom stereocenters. The van der Waals surface area contributed by atoms with E-state index in [4.69, 9.17) is 0 Å². The SMILES string of the molecule is CNCCc1ncc(-c2ccc3c(c2)CCCC3)[nH]1. The van der Waals surface area contributed by atoms with Crippen LogP contribution in [-0.2, 0) is 19.3 Å². The maximum absolute atomic E-state index is 4.45. The second-order valence-electron chi connectivity index (χ2n) is 5.29. The van der Waals surface area contributed by atoms with Crippen LogP contribution < -0.4 is 5.32 Å². The fourth-order valence-electron chi connectivity index (χ4n) is 2.78. The fourth-order valence-corrected chi connectivity index (χ4v) is 2.78. The quantitative estimate of drug-likeness (QED) is 0.882. The van der Waals surface area contributed by atoms with Crippen molar-refractivity contribution in [1.29, 1.82) is 0 Å². The molecule has 0 saturated carbocycles. The summed E-state index contributed by atoms with van der Waals surface area (Å²) < 4.78 is 0. The van der Waals surface area contributed by atoms with Crippen molar-refractivity contribution in [3.8, 4) is 11.3 Å². The first-order valence-corrected chi connectivity index (χ1v) is 7.17. The number of rotatable bonds is 4. The largest absolute Gasteiger partial charge is 0.342 e. The molecule has 0 bridgehead atoms. The highest BCUT2D eigenvalue weighted by atomic mass is 14.9. The van der Waals surface area contributed by atoms with E-state index in [-0.39, 0.29) is 0 Å². The zero-order valence-corrected chi connectivity index (χ0v) is 11.5. The van der Waals surface area contributed by atoms with E-state index < -0.39 is 0 Å². The molecule has 1 heterocycles. The first kappa shape index (κ1) is 12.4. The van der Waals surface area contributed by atoms with Gasteiger partial charge in [0.25, 0.3) is 0 Å². The lowest BCUT2D eigenvalue weighted by Crippen LogP contribution is -2.11. The van der Waals surface area contributed by atoms with E-state index in [9.17, 15) is 0 Å². The van der Waals surface area contributed by atoms with Crippen LogP contribution >= 0.6 is 0 Å². The minimum absolute atomic E-state index is 0.946. The van der Waals surface area contributed by atoms with Gasteiger partial charge in [0.1, 0.15) is 5.82 Å². The summed E-state index contributed by atoms with van der Waals surface area (Å²) in [5.74, 6) is 1.06. The fraction of sp³-hybridized carbons (Fsp3) is 0.438. The molecular weight excluding hydrogens is 234 g/mol. The third kappa shape index (κ3) is 2.71. The van der Waals surface area contributed by atoms with Crippen molar-refractivity contribution in [1.82, 2.24) is 15.3 Å². The number of benzene rings is 1. The number of aromatic nitrogens is 2. The topological polar surface area (TPSA) is 40.7 Å². The molecule has 0 aliphatic heterocycles. The van der Waals surface area contributed by atoms with Crippen molar-refractivity contribution in [2.24, 2.45) is 0 Å². The van der Waals surface area contributed by atoms with E-state index in [1.807, 2.05) is 13.2 Å². The average Bonchev–Trinajstić information content (AvgIpc) is 2.93. The molecule has 2 N–H and O–H groups in total. The van der Waals surface area contributed by atoms with Gasteiger partial charge in [-0.05, 0) is 55.5 Å². The molecule has 0 fully saturated rings. The van der Waals surface area contributed by atoms with Gasteiger partial charge in [0.15, 0.2) is 0 Å². The zero-order valence-electron chi connectivity index (χ0n) is 11.5. The number of fused-ring (bicyclic) bond motifs is 1. The van der Waals surface area contributed by atoms with Crippen molar-refractivity contribution >= 4 is 0 Å². The number of nitrogens with one attached hydrogen (secondary N) is 2. The average molecular weight is 255 g/mol. The van der Waals surface area contributed by atoms with E-state index in [1.165, 1.54) is 42.4 Å². The molecule has 0 radical (unpaired) electrons. The molecule has 3 heteroatoms. The Morgan fingerprint density at radius 2 is 2.05 bits per heavy atom. The van der Waals surface area contributed by atoms with Gasteiger partial charge >= 0.3 is 0 Å². The maximum Gasteiger partial charge on any atom is 0.107 e. The number of H-pyrrole nitrogens is 1. The van der Waals surface area contributed by atoms with Crippen LogP contribution in [0.4, 0.5) is 0 Å². The third-order valence-electron chi connectivity index (χ3n) is 3.90. The minimum atomic E-state index is 0.946. The van der Waals surface area contributed by atoms with E-state index in [1.54, 1.807) is 0 Å². The molecule has 3 rings (SSSR count). The zero-order chi connectivity index (χ0) is 13.1.